The van der Waals surface area contributed by atoms with Crippen LogP contribution in [0.1, 0.15) is 57.4 Å². The molecule has 2 saturated heterocycles. The van der Waals surface area contributed by atoms with Crippen molar-refractivity contribution in [2.24, 2.45) is 0 Å². The van der Waals surface area contributed by atoms with Crippen LogP contribution in [0.15, 0.2) is 36.5 Å². The first-order valence-corrected chi connectivity index (χ1v) is 13.5. The van der Waals surface area contributed by atoms with Crippen molar-refractivity contribution in [2.75, 3.05) is 37.6 Å². The maximum Gasteiger partial charge on any atom is 0.253 e. The van der Waals surface area contributed by atoms with E-state index in [1.807, 2.05) is 26.0 Å². The highest BCUT2D eigenvalue weighted by Crippen LogP contribution is 2.30. The molecule has 6 nitrogen and oxygen atoms in total. The molecule has 2 aliphatic rings. The van der Waals surface area contributed by atoms with Crippen molar-refractivity contribution in [1.29, 1.82) is 0 Å². The molecule has 4 rings (SSSR count). The third-order valence-corrected chi connectivity index (χ3v) is 7.68. The summed E-state index contributed by atoms with van der Waals surface area (Å²) >= 11 is 12.6. The lowest BCUT2D eigenvalue weighted by molar-refractivity contribution is 0.0610. The smallest absolute Gasteiger partial charge is 0.253 e. The van der Waals surface area contributed by atoms with E-state index >= 15 is 0 Å². The summed E-state index contributed by atoms with van der Waals surface area (Å²) in [6.45, 7) is 12.2. The van der Waals surface area contributed by atoms with Crippen LogP contribution in [0.3, 0.4) is 0 Å². The van der Waals surface area contributed by atoms with Gasteiger partial charge in [0, 0.05) is 57.0 Å². The summed E-state index contributed by atoms with van der Waals surface area (Å²) in [6, 6.07) is 11.1. The molecular formula is C27H39Cl2N5O. The van der Waals surface area contributed by atoms with Gasteiger partial charge in [-0.05, 0) is 70.0 Å². The van der Waals surface area contributed by atoms with Gasteiger partial charge in [0.2, 0.25) is 0 Å². The first kappa shape index (κ1) is 26.2. The van der Waals surface area contributed by atoms with Gasteiger partial charge >= 0.3 is 0 Å². The summed E-state index contributed by atoms with van der Waals surface area (Å²) in [7, 11) is 0. The van der Waals surface area contributed by atoms with E-state index in [1.54, 1.807) is 12.3 Å². The number of amides is 1. The predicted molar refractivity (Wildman–Crippen MR) is 147 cm³/mol. The van der Waals surface area contributed by atoms with E-state index in [0.717, 1.165) is 56.5 Å². The Hall–Kier alpha value is -1.86. The minimum absolute atomic E-state index is 0. The number of rotatable bonds is 7. The van der Waals surface area contributed by atoms with Crippen LogP contribution >= 0.6 is 23.2 Å². The number of pyridine rings is 1. The topological polar surface area (TPSA) is 51.7 Å². The average Bonchev–Trinajstić information content (AvgIpc) is 2.85. The van der Waals surface area contributed by atoms with Crippen molar-refractivity contribution in [3.8, 4) is 0 Å². The molecule has 1 aromatic carbocycles. The second-order valence-electron chi connectivity index (χ2n) is 10.0. The van der Waals surface area contributed by atoms with Crippen molar-refractivity contribution >= 4 is 34.9 Å². The summed E-state index contributed by atoms with van der Waals surface area (Å²) in [5, 5.41) is 4.23. The highest BCUT2D eigenvalue weighted by atomic mass is 35.5. The van der Waals surface area contributed by atoms with Crippen LogP contribution in [-0.2, 0) is 6.54 Å². The zero-order chi connectivity index (χ0) is 24.9. The first-order chi connectivity index (χ1) is 16.8. The molecule has 0 spiro atoms. The van der Waals surface area contributed by atoms with Crippen LogP contribution in [0.4, 0.5) is 5.82 Å². The summed E-state index contributed by atoms with van der Waals surface area (Å²) in [6.07, 6.45) is 5.13. The van der Waals surface area contributed by atoms with Gasteiger partial charge in [0.1, 0.15) is 5.82 Å². The highest BCUT2D eigenvalue weighted by molar-refractivity contribution is 6.33. The number of likely N-dealkylation sites (tertiary alicyclic amines) is 1. The van der Waals surface area contributed by atoms with Gasteiger partial charge in [0.15, 0.2) is 0 Å². The Morgan fingerprint density at radius 2 is 1.86 bits per heavy atom. The van der Waals surface area contributed by atoms with Gasteiger partial charge in [-0.25, -0.2) is 4.98 Å². The number of halogens is 2. The van der Waals surface area contributed by atoms with E-state index in [-0.39, 0.29) is 13.4 Å². The second-order valence-corrected chi connectivity index (χ2v) is 10.9. The lowest BCUT2D eigenvalue weighted by Gasteiger charge is -2.47. The SMILES string of the molecule is CC[C@H]1CN(c2ncc(C(=O)NC(C)C)cc2Cl)CCN1C1CCN(Cc2ccc(Cl)cc2)CC1.[HH]. The van der Waals surface area contributed by atoms with Crippen molar-refractivity contribution in [2.45, 2.75) is 64.7 Å². The zero-order valence-corrected chi connectivity index (χ0v) is 22.5. The van der Waals surface area contributed by atoms with Crippen LogP contribution in [0.25, 0.3) is 0 Å². The molecule has 0 unspecified atom stereocenters. The number of aromatic nitrogens is 1. The van der Waals surface area contributed by atoms with Crippen LogP contribution < -0.4 is 10.2 Å². The maximum atomic E-state index is 12.3. The third kappa shape index (κ3) is 6.67. The number of hydrogen-bond donors (Lipinski definition) is 1. The number of carbonyl (C=O) groups is 1. The van der Waals surface area contributed by atoms with E-state index < -0.39 is 0 Å². The van der Waals surface area contributed by atoms with Crippen molar-refractivity contribution in [1.82, 2.24) is 20.1 Å². The fraction of sp³-hybridized carbons (Fsp3) is 0.556. The van der Waals surface area contributed by atoms with E-state index in [1.165, 1.54) is 18.4 Å². The van der Waals surface area contributed by atoms with Crippen molar-refractivity contribution < 1.29 is 6.22 Å². The Kier molecular flexibility index (Phi) is 8.92. The molecule has 8 heteroatoms. The molecule has 1 atom stereocenters. The zero-order valence-electron chi connectivity index (χ0n) is 21.0. The van der Waals surface area contributed by atoms with Gasteiger partial charge in [-0.1, -0.05) is 42.3 Å². The molecule has 2 fully saturated rings. The van der Waals surface area contributed by atoms with Crippen LogP contribution in [0, 0.1) is 0 Å². The molecule has 1 amide bonds. The molecule has 2 aromatic rings. The standard InChI is InChI=1S/C27H37Cl2N5O.H2/c1-4-23-18-33(26-25(29)15-21(16-30-26)27(35)31-19(2)3)13-14-34(23)24-9-11-32(12-10-24)17-20-5-7-22(28)8-6-20;/h5-8,15-16,19,23-24H,4,9-14,17-18H2,1-3H3,(H,31,35);1H/t23-;/m0./s1. The highest BCUT2D eigenvalue weighted by Gasteiger charge is 2.34. The molecule has 0 aliphatic carbocycles. The number of benzene rings is 1. The fourth-order valence-electron chi connectivity index (χ4n) is 5.30. The normalized spacial score (nSPS) is 20.4. The number of carbonyl (C=O) groups excluding carboxylic acids is 1. The van der Waals surface area contributed by atoms with E-state index in [2.05, 4.69) is 44.1 Å². The average molecular weight is 521 g/mol. The van der Waals surface area contributed by atoms with Crippen LogP contribution in [0.2, 0.25) is 10.0 Å². The summed E-state index contributed by atoms with van der Waals surface area (Å²) in [5.41, 5.74) is 1.83. The largest absolute Gasteiger partial charge is 0.353 e. The quantitative estimate of drug-likeness (QED) is 0.535. The number of piperidine rings is 1. The van der Waals surface area contributed by atoms with Gasteiger partial charge in [0.25, 0.3) is 5.91 Å². The first-order valence-electron chi connectivity index (χ1n) is 12.8. The Labute approximate surface area is 221 Å². The van der Waals surface area contributed by atoms with Crippen LogP contribution in [0.5, 0.6) is 0 Å². The molecule has 1 aromatic heterocycles. The molecule has 3 heterocycles. The summed E-state index contributed by atoms with van der Waals surface area (Å²) in [5.74, 6) is 0.642. The number of nitrogens with zero attached hydrogens (tertiary/aromatic N) is 4. The number of anilines is 1. The predicted octanol–water partition coefficient (Wildman–Crippen LogP) is 5.34. The van der Waals surface area contributed by atoms with E-state index in [0.29, 0.717) is 22.7 Å². The maximum absolute atomic E-state index is 12.3. The molecule has 0 bridgehead atoms. The molecular weight excluding hydrogens is 481 g/mol. The summed E-state index contributed by atoms with van der Waals surface area (Å²) < 4.78 is 0. The Morgan fingerprint density at radius 1 is 1.14 bits per heavy atom. The van der Waals surface area contributed by atoms with Crippen molar-refractivity contribution in [3.63, 3.8) is 0 Å². The van der Waals surface area contributed by atoms with Gasteiger partial charge in [0.05, 0.1) is 10.6 Å². The number of piperazine rings is 1. The fourth-order valence-corrected chi connectivity index (χ4v) is 5.71. The Morgan fingerprint density at radius 3 is 2.49 bits per heavy atom. The van der Waals surface area contributed by atoms with E-state index in [9.17, 15) is 4.79 Å². The van der Waals surface area contributed by atoms with Gasteiger partial charge in [-0.3, -0.25) is 14.6 Å². The third-order valence-electron chi connectivity index (χ3n) is 7.15. The van der Waals surface area contributed by atoms with Crippen LogP contribution in [-0.4, -0.2) is 71.5 Å². The minimum atomic E-state index is -0.139. The molecule has 0 radical (unpaired) electrons. The lowest BCUT2D eigenvalue weighted by Crippen LogP contribution is -2.58. The van der Waals surface area contributed by atoms with Gasteiger partial charge in [-0.15, -0.1) is 0 Å². The molecule has 35 heavy (non-hydrogen) atoms. The number of nitrogens with one attached hydrogen (secondary N) is 1. The summed E-state index contributed by atoms with van der Waals surface area (Å²) in [4.78, 5) is 24.5. The molecule has 0 saturated carbocycles. The monoisotopic (exact) mass is 519 g/mol. The Bertz CT molecular complexity index is 998. The second kappa shape index (κ2) is 11.9. The Balaban J connectivity index is 0.00000361. The van der Waals surface area contributed by atoms with Gasteiger partial charge < -0.3 is 10.2 Å². The molecule has 2 aliphatic heterocycles. The molecule has 1 N–H and O–H groups in total. The minimum Gasteiger partial charge on any atom is -0.353 e. The lowest BCUT2D eigenvalue weighted by atomic mass is 9.98. The molecule has 192 valence electrons. The van der Waals surface area contributed by atoms with Gasteiger partial charge in [-0.2, -0.15) is 0 Å². The van der Waals surface area contributed by atoms with E-state index in [4.69, 9.17) is 23.2 Å². The number of hydrogen-bond acceptors (Lipinski definition) is 5. The van der Waals surface area contributed by atoms with Crippen molar-refractivity contribution in [3.05, 3.63) is 57.7 Å².